The molecule has 0 heterocycles. The van der Waals surface area contributed by atoms with Crippen molar-refractivity contribution in [3.8, 4) is 0 Å². The molecule has 0 spiro atoms. The van der Waals surface area contributed by atoms with Gasteiger partial charge in [0.1, 0.15) is 0 Å². The highest BCUT2D eigenvalue weighted by Gasteiger charge is 2.13. The van der Waals surface area contributed by atoms with Crippen molar-refractivity contribution in [3.63, 3.8) is 0 Å². The molecule has 4 heteroatoms. The fourth-order valence-corrected chi connectivity index (χ4v) is 2.42. The van der Waals surface area contributed by atoms with Crippen LogP contribution in [0.1, 0.15) is 27.8 Å². The Kier molecular flexibility index (Phi) is 4.26. The van der Waals surface area contributed by atoms with Gasteiger partial charge in [-0.1, -0.05) is 23.8 Å². The van der Waals surface area contributed by atoms with Crippen LogP contribution in [0.5, 0.6) is 0 Å². The Morgan fingerprint density at radius 1 is 1.00 bits per heavy atom. The van der Waals surface area contributed by atoms with E-state index in [4.69, 9.17) is 0 Å². The average Bonchev–Trinajstić information content (AvgIpc) is 2.40. The molecule has 2 aromatic rings. The molecule has 0 fully saturated rings. The van der Waals surface area contributed by atoms with Crippen molar-refractivity contribution in [1.29, 1.82) is 0 Å². The predicted octanol–water partition coefficient (Wildman–Crippen LogP) is 4.44. The van der Waals surface area contributed by atoms with Crippen molar-refractivity contribution in [2.24, 2.45) is 0 Å². The topological polar surface area (TPSA) is 55.2 Å². The summed E-state index contributed by atoms with van der Waals surface area (Å²) in [6.07, 6.45) is 0. The molecule has 0 bridgehead atoms. The van der Waals surface area contributed by atoms with Gasteiger partial charge in [-0.25, -0.2) is 0 Å². The summed E-state index contributed by atoms with van der Waals surface area (Å²) in [5.41, 5.74) is 6.40. The van der Waals surface area contributed by atoms with E-state index in [0.717, 1.165) is 11.3 Å². The Labute approximate surface area is 125 Å². The molecule has 2 aromatic carbocycles. The Balaban J connectivity index is 2.20. The smallest absolute Gasteiger partial charge is 0.272 e. The number of aryl methyl sites for hydroxylation is 4. The fourth-order valence-electron chi connectivity index (χ4n) is 2.42. The second-order valence-electron chi connectivity index (χ2n) is 5.49. The van der Waals surface area contributed by atoms with E-state index in [1.807, 2.05) is 13.0 Å². The lowest BCUT2D eigenvalue weighted by Gasteiger charge is -2.13. The van der Waals surface area contributed by atoms with Crippen molar-refractivity contribution < 1.29 is 4.92 Å². The van der Waals surface area contributed by atoms with E-state index in [0.29, 0.717) is 12.1 Å². The van der Waals surface area contributed by atoms with Gasteiger partial charge in [0.15, 0.2) is 0 Å². The molecule has 0 aromatic heterocycles. The number of rotatable bonds is 4. The van der Waals surface area contributed by atoms with Crippen LogP contribution in [0.4, 0.5) is 11.4 Å². The number of nitrogens with one attached hydrogen (secondary N) is 1. The lowest BCUT2D eigenvalue weighted by molar-refractivity contribution is -0.385. The van der Waals surface area contributed by atoms with Crippen molar-refractivity contribution in [2.75, 3.05) is 5.32 Å². The number of anilines is 1. The number of hydrogen-bond acceptors (Lipinski definition) is 3. The van der Waals surface area contributed by atoms with Crippen LogP contribution in [0, 0.1) is 37.8 Å². The van der Waals surface area contributed by atoms with Crippen LogP contribution in [-0.4, -0.2) is 4.92 Å². The van der Waals surface area contributed by atoms with Crippen LogP contribution in [0.15, 0.2) is 30.3 Å². The Morgan fingerprint density at radius 3 is 2.33 bits per heavy atom. The third-order valence-electron chi connectivity index (χ3n) is 3.71. The van der Waals surface area contributed by atoms with Crippen LogP contribution in [0.2, 0.25) is 0 Å². The van der Waals surface area contributed by atoms with E-state index < -0.39 is 0 Å². The molecule has 1 N–H and O–H groups in total. The molecule has 0 aliphatic heterocycles. The zero-order chi connectivity index (χ0) is 15.6. The van der Waals surface area contributed by atoms with Gasteiger partial charge in [0, 0.05) is 23.9 Å². The van der Waals surface area contributed by atoms with Gasteiger partial charge in [-0.05, 0) is 50.5 Å². The zero-order valence-electron chi connectivity index (χ0n) is 12.9. The first-order valence-corrected chi connectivity index (χ1v) is 6.94. The van der Waals surface area contributed by atoms with Gasteiger partial charge in [-0.2, -0.15) is 0 Å². The molecular formula is C17H20N2O2. The third-order valence-corrected chi connectivity index (χ3v) is 3.71. The Hall–Kier alpha value is -2.36. The van der Waals surface area contributed by atoms with E-state index in [2.05, 4.69) is 37.4 Å². The number of nitro benzene ring substituents is 1. The minimum atomic E-state index is -0.337. The van der Waals surface area contributed by atoms with E-state index >= 15 is 0 Å². The standard InChI is InChI=1S/C17H20N2O2/c1-11-5-6-15(12(2)7-11)10-18-16-8-14(4)17(19(20)21)9-13(16)3/h5-9,18H,10H2,1-4H3. The summed E-state index contributed by atoms with van der Waals surface area (Å²) in [5, 5.41) is 14.3. The summed E-state index contributed by atoms with van der Waals surface area (Å²) in [7, 11) is 0. The molecule has 2 rings (SSSR count). The Morgan fingerprint density at radius 2 is 1.71 bits per heavy atom. The van der Waals surface area contributed by atoms with E-state index in [1.165, 1.54) is 16.7 Å². The normalized spacial score (nSPS) is 10.5. The lowest BCUT2D eigenvalue weighted by Crippen LogP contribution is -2.04. The van der Waals surface area contributed by atoms with Crippen LogP contribution in [-0.2, 0) is 6.54 Å². The largest absolute Gasteiger partial charge is 0.381 e. The van der Waals surface area contributed by atoms with Gasteiger partial charge < -0.3 is 5.32 Å². The van der Waals surface area contributed by atoms with Gasteiger partial charge >= 0.3 is 0 Å². The molecule has 0 saturated heterocycles. The van der Waals surface area contributed by atoms with E-state index in [9.17, 15) is 10.1 Å². The SMILES string of the molecule is Cc1ccc(CNc2cc(C)c([N+](=O)[O-])cc2C)c(C)c1. The second-order valence-corrected chi connectivity index (χ2v) is 5.49. The first-order valence-electron chi connectivity index (χ1n) is 6.94. The summed E-state index contributed by atoms with van der Waals surface area (Å²) >= 11 is 0. The van der Waals surface area contributed by atoms with Crippen LogP contribution in [0.25, 0.3) is 0 Å². The summed E-state index contributed by atoms with van der Waals surface area (Å²) in [5.74, 6) is 0. The highest BCUT2D eigenvalue weighted by atomic mass is 16.6. The maximum absolute atomic E-state index is 10.9. The molecule has 110 valence electrons. The number of hydrogen-bond donors (Lipinski definition) is 1. The van der Waals surface area contributed by atoms with Gasteiger partial charge in [0.2, 0.25) is 0 Å². The maximum atomic E-state index is 10.9. The fraction of sp³-hybridized carbons (Fsp3) is 0.294. The van der Waals surface area contributed by atoms with Crippen molar-refractivity contribution in [1.82, 2.24) is 0 Å². The molecule has 0 atom stereocenters. The van der Waals surface area contributed by atoms with Crippen LogP contribution < -0.4 is 5.32 Å². The van der Waals surface area contributed by atoms with Gasteiger partial charge in [-0.3, -0.25) is 10.1 Å². The van der Waals surface area contributed by atoms with Crippen LogP contribution in [0.3, 0.4) is 0 Å². The second kappa shape index (κ2) is 5.95. The number of benzene rings is 2. The van der Waals surface area contributed by atoms with Gasteiger partial charge in [-0.15, -0.1) is 0 Å². The summed E-state index contributed by atoms with van der Waals surface area (Å²) in [4.78, 5) is 10.6. The average molecular weight is 284 g/mol. The minimum absolute atomic E-state index is 0.171. The molecular weight excluding hydrogens is 264 g/mol. The number of nitro groups is 1. The van der Waals surface area contributed by atoms with Gasteiger partial charge in [0.25, 0.3) is 5.69 Å². The third kappa shape index (κ3) is 3.40. The molecule has 0 unspecified atom stereocenters. The monoisotopic (exact) mass is 284 g/mol. The molecule has 0 radical (unpaired) electrons. The van der Waals surface area contributed by atoms with E-state index in [-0.39, 0.29) is 10.6 Å². The molecule has 0 saturated carbocycles. The highest BCUT2D eigenvalue weighted by Crippen LogP contribution is 2.26. The Bertz CT molecular complexity index is 693. The summed E-state index contributed by atoms with van der Waals surface area (Å²) in [6.45, 7) is 8.53. The van der Waals surface area contributed by atoms with Crippen molar-refractivity contribution in [3.05, 3.63) is 68.3 Å². The highest BCUT2D eigenvalue weighted by molar-refractivity contribution is 5.59. The summed E-state index contributed by atoms with van der Waals surface area (Å²) < 4.78 is 0. The minimum Gasteiger partial charge on any atom is -0.381 e. The maximum Gasteiger partial charge on any atom is 0.272 e. The van der Waals surface area contributed by atoms with Crippen molar-refractivity contribution >= 4 is 11.4 Å². The molecule has 21 heavy (non-hydrogen) atoms. The molecule has 0 aliphatic carbocycles. The molecule has 4 nitrogen and oxygen atoms in total. The quantitative estimate of drug-likeness (QED) is 0.667. The summed E-state index contributed by atoms with van der Waals surface area (Å²) in [6, 6.07) is 9.84. The number of nitrogens with zero attached hydrogens (tertiary/aromatic N) is 1. The molecule has 0 amide bonds. The zero-order valence-corrected chi connectivity index (χ0v) is 12.9. The van der Waals surface area contributed by atoms with Crippen molar-refractivity contribution in [2.45, 2.75) is 34.2 Å². The van der Waals surface area contributed by atoms with Crippen LogP contribution >= 0.6 is 0 Å². The predicted molar refractivity (Wildman–Crippen MR) is 85.8 cm³/mol. The van der Waals surface area contributed by atoms with Gasteiger partial charge in [0.05, 0.1) is 4.92 Å². The lowest BCUT2D eigenvalue weighted by atomic mass is 10.0. The first-order chi connectivity index (χ1) is 9.88. The van der Waals surface area contributed by atoms with E-state index in [1.54, 1.807) is 13.0 Å². The first kappa shape index (κ1) is 15.0. The molecule has 0 aliphatic rings.